The van der Waals surface area contributed by atoms with Gasteiger partial charge in [-0.05, 0) is 37.9 Å². The fourth-order valence-corrected chi connectivity index (χ4v) is 5.16. The van der Waals surface area contributed by atoms with E-state index in [4.69, 9.17) is 4.52 Å². The second-order valence-corrected chi connectivity index (χ2v) is 7.64. The van der Waals surface area contributed by atoms with Crippen LogP contribution in [0, 0.1) is 5.92 Å². The van der Waals surface area contributed by atoms with Crippen LogP contribution in [0.15, 0.2) is 30.3 Å². The highest BCUT2D eigenvalue weighted by Gasteiger charge is 2.44. The summed E-state index contributed by atoms with van der Waals surface area (Å²) in [5.41, 5.74) is 0. The van der Waals surface area contributed by atoms with Gasteiger partial charge in [0, 0.05) is 12.6 Å². The molecule has 1 aliphatic carbocycles. The molecule has 104 valence electrons. The Morgan fingerprint density at radius 2 is 2.00 bits per heavy atom. The largest absolute Gasteiger partial charge is 0.422 e. The third-order valence-corrected chi connectivity index (χ3v) is 6.46. The average molecular weight is 280 g/mol. The molecule has 2 aliphatic rings. The van der Waals surface area contributed by atoms with Gasteiger partial charge >= 0.3 is 7.67 Å². The highest BCUT2D eigenvalue weighted by molar-refractivity contribution is 7.54. The van der Waals surface area contributed by atoms with E-state index in [1.165, 1.54) is 19.3 Å². The Morgan fingerprint density at radius 3 is 2.79 bits per heavy atom. The lowest BCUT2D eigenvalue weighted by Gasteiger charge is -2.45. The lowest BCUT2D eigenvalue weighted by molar-refractivity contribution is 0.161. The Hall–Kier alpha value is -0.830. The normalized spacial score (nSPS) is 35.6. The zero-order valence-electron chi connectivity index (χ0n) is 11.3. The summed E-state index contributed by atoms with van der Waals surface area (Å²) in [6.07, 6.45) is 4.88. The third-order valence-electron chi connectivity index (χ3n) is 4.29. The summed E-state index contributed by atoms with van der Waals surface area (Å²) in [7, 11) is -1.00. The van der Waals surface area contributed by atoms with Gasteiger partial charge < -0.3 is 4.52 Å². The molecule has 0 bridgehead atoms. The van der Waals surface area contributed by atoms with E-state index in [-0.39, 0.29) is 0 Å². The van der Waals surface area contributed by atoms with Crippen LogP contribution >= 0.6 is 7.67 Å². The van der Waals surface area contributed by atoms with E-state index >= 15 is 0 Å². The number of benzene rings is 1. The number of hydrogen-bond acceptors (Lipinski definition) is 2. The predicted octanol–water partition coefficient (Wildman–Crippen LogP) is 3.27. The highest BCUT2D eigenvalue weighted by Crippen LogP contribution is 2.52. The van der Waals surface area contributed by atoms with Crippen LogP contribution in [0.4, 0.5) is 0 Å². The predicted molar refractivity (Wildman–Crippen MR) is 76.2 cm³/mol. The fourth-order valence-electron chi connectivity index (χ4n) is 3.18. The molecule has 3 atom stereocenters. The Balaban J connectivity index is 1.78. The van der Waals surface area contributed by atoms with Crippen LogP contribution in [0.1, 0.15) is 25.7 Å². The Kier molecular flexibility index (Phi) is 3.66. The lowest BCUT2D eigenvalue weighted by Crippen LogP contribution is -2.50. The number of hydrogen-bond donors (Lipinski definition) is 1. The molecular weight excluding hydrogens is 259 g/mol. The van der Waals surface area contributed by atoms with Crippen molar-refractivity contribution in [3.05, 3.63) is 30.3 Å². The first-order chi connectivity index (χ1) is 9.19. The molecule has 1 aliphatic heterocycles. The monoisotopic (exact) mass is 280 g/mol. The quantitative estimate of drug-likeness (QED) is 0.844. The third kappa shape index (κ3) is 2.58. The zero-order valence-corrected chi connectivity index (χ0v) is 12.2. The van der Waals surface area contributed by atoms with Crippen molar-refractivity contribution in [2.24, 2.45) is 5.92 Å². The van der Waals surface area contributed by atoms with E-state index in [1.807, 2.05) is 42.0 Å². The molecule has 1 N–H and O–H groups in total. The molecule has 1 aromatic carbocycles. The highest BCUT2D eigenvalue weighted by atomic mass is 31.2. The van der Waals surface area contributed by atoms with Gasteiger partial charge in [0.25, 0.3) is 0 Å². The van der Waals surface area contributed by atoms with Gasteiger partial charge in [-0.1, -0.05) is 31.0 Å². The second-order valence-electron chi connectivity index (χ2n) is 5.47. The maximum Gasteiger partial charge on any atom is 0.393 e. The van der Waals surface area contributed by atoms with Gasteiger partial charge in [-0.25, -0.2) is 14.3 Å². The van der Waals surface area contributed by atoms with E-state index in [9.17, 15) is 4.57 Å². The zero-order chi connectivity index (χ0) is 13.3. The van der Waals surface area contributed by atoms with Crippen molar-refractivity contribution in [2.75, 3.05) is 13.6 Å². The molecule has 1 unspecified atom stereocenters. The average Bonchev–Trinajstić information content (AvgIpc) is 2.45. The van der Waals surface area contributed by atoms with Gasteiger partial charge in [0.1, 0.15) is 5.75 Å². The van der Waals surface area contributed by atoms with Crippen LogP contribution in [0.2, 0.25) is 0 Å². The van der Waals surface area contributed by atoms with Crippen LogP contribution in [0.25, 0.3) is 0 Å². The Labute approximate surface area is 114 Å². The summed E-state index contributed by atoms with van der Waals surface area (Å²) in [4.78, 5) is 0. The molecule has 0 amide bonds. The lowest BCUT2D eigenvalue weighted by atomic mass is 9.84. The van der Waals surface area contributed by atoms with Gasteiger partial charge in [0.15, 0.2) is 0 Å². The molecule has 1 saturated heterocycles. The summed E-state index contributed by atoms with van der Waals surface area (Å²) < 4.78 is 20.7. The minimum atomic E-state index is -2.93. The summed E-state index contributed by atoms with van der Waals surface area (Å²) in [6.45, 7) is 0.805. The molecular formula is C14H21N2O2P. The number of rotatable bonds is 2. The van der Waals surface area contributed by atoms with Crippen molar-refractivity contribution in [2.45, 2.75) is 31.7 Å². The molecule has 0 radical (unpaired) electrons. The van der Waals surface area contributed by atoms with Crippen molar-refractivity contribution in [3.63, 3.8) is 0 Å². The summed E-state index contributed by atoms with van der Waals surface area (Å²) in [5, 5.41) is 3.15. The molecule has 1 saturated carbocycles. The van der Waals surface area contributed by atoms with Gasteiger partial charge in [-0.15, -0.1) is 0 Å². The molecule has 0 spiro atoms. The van der Waals surface area contributed by atoms with Crippen LogP contribution in [0.3, 0.4) is 0 Å². The second kappa shape index (κ2) is 5.28. The standard InChI is InChI=1S/C14H21N2O2P/c1-16-14-10-6-5-7-12(14)11-15-19(16,17)18-13-8-3-2-4-9-13/h2-4,8-9,12,14H,5-7,10-11H2,1H3,(H,15,17)/t12-,14-,19?/m1/s1. The SMILES string of the molecule is CN1[C@@H]2CCCC[C@@H]2CNP1(=O)Oc1ccccc1. The first kappa shape index (κ1) is 13.2. The molecule has 1 aromatic rings. The summed E-state index contributed by atoms with van der Waals surface area (Å²) >= 11 is 0. The van der Waals surface area contributed by atoms with Gasteiger partial charge in [-0.2, -0.15) is 0 Å². The van der Waals surface area contributed by atoms with E-state index < -0.39 is 7.67 Å². The number of nitrogens with zero attached hydrogens (tertiary/aromatic N) is 1. The molecule has 1 heterocycles. The minimum absolute atomic E-state index is 0.393. The van der Waals surface area contributed by atoms with Crippen molar-refractivity contribution in [3.8, 4) is 5.75 Å². The van der Waals surface area contributed by atoms with Crippen molar-refractivity contribution in [1.29, 1.82) is 0 Å². The van der Waals surface area contributed by atoms with Crippen LogP contribution in [-0.2, 0) is 4.57 Å². The maximum atomic E-state index is 13.0. The minimum Gasteiger partial charge on any atom is -0.422 e. The van der Waals surface area contributed by atoms with E-state index in [2.05, 4.69) is 5.09 Å². The molecule has 3 rings (SSSR count). The van der Waals surface area contributed by atoms with Crippen molar-refractivity contribution >= 4 is 7.67 Å². The van der Waals surface area contributed by atoms with Gasteiger partial charge in [-0.3, -0.25) is 0 Å². The molecule has 0 aromatic heterocycles. The van der Waals surface area contributed by atoms with Crippen molar-refractivity contribution < 1.29 is 9.09 Å². The first-order valence-corrected chi connectivity index (χ1v) is 8.60. The number of para-hydroxylation sites is 1. The maximum absolute atomic E-state index is 13.0. The van der Waals surface area contributed by atoms with Crippen LogP contribution in [-0.4, -0.2) is 24.3 Å². The molecule has 2 fully saturated rings. The molecule has 5 heteroatoms. The molecule has 4 nitrogen and oxygen atoms in total. The van der Waals surface area contributed by atoms with Gasteiger partial charge in [0.05, 0.1) is 0 Å². The van der Waals surface area contributed by atoms with E-state index in [0.29, 0.717) is 17.7 Å². The topological polar surface area (TPSA) is 41.6 Å². The number of nitrogens with one attached hydrogen (secondary N) is 1. The summed E-state index contributed by atoms with van der Waals surface area (Å²) in [6, 6.07) is 9.82. The van der Waals surface area contributed by atoms with Gasteiger partial charge in [0.2, 0.25) is 0 Å². The first-order valence-electron chi connectivity index (χ1n) is 7.02. The fraction of sp³-hybridized carbons (Fsp3) is 0.571. The van der Waals surface area contributed by atoms with E-state index in [1.54, 1.807) is 0 Å². The summed E-state index contributed by atoms with van der Waals surface area (Å²) in [5.74, 6) is 1.28. The smallest absolute Gasteiger partial charge is 0.393 e. The van der Waals surface area contributed by atoms with Crippen LogP contribution < -0.4 is 9.61 Å². The molecule has 19 heavy (non-hydrogen) atoms. The Bertz CT molecular complexity index is 480. The Morgan fingerprint density at radius 1 is 1.26 bits per heavy atom. The van der Waals surface area contributed by atoms with E-state index in [0.717, 1.165) is 13.0 Å². The number of fused-ring (bicyclic) bond motifs is 1. The van der Waals surface area contributed by atoms with Crippen LogP contribution in [0.5, 0.6) is 5.75 Å². The van der Waals surface area contributed by atoms with Crippen molar-refractivity contribution in [1.82, 2.24) is 9.76 Å².